The van der Waals surface area contributed by atoms with Crippen LogP contribution in [0, 0.1) is 0 Å². The molecule has 0 amide bonds. The molecule has 2 aromatic rings. The van der Waals surface area contributed by atoms with Gasteiger partial charge in [-0.1, -0.05) is 11.6 Å². The molecule has 2 heterocycles. The molecule has 7 heteroatoms. The fourth-order valence-electron chi connectivity index (χ4n) is 1.79. The Labute approximate surface area is 126 Å². The average Bonchev–Trinajstić information content (AvgIpc) is 3.05. The van der Waals surface area contributed by atoms with E-state index in [1.54, 1.807) is 23.7 Å². The van der Waals surface area contributed by atoms with Crippen molar-refractivity contribution in [2.45, 2.75) is 32.2 Å². The van der Waals surface area contributed by atoms with Crippen molar-refractivity contribution in [2.24, 2.45) is 0 Å². The van der Waals surface area contributed by atoms with Gasteiger partial charge in [0.2, 0.25) is 0 Å². The highest BCUT2D eigenvalue weighted by Crippen LogP contribution is 2.19. The number of hydrogen-bond donors (Lipinski definition) is 0. The maximum atomic E-state index is 11.1. The number of carbonyl (C=O) groups excluding carboxylic acids is 1. The molecule has 0 aliphatic heterocycles. The van der Waals surface area contributed by atoms with Crippen LogP contribution in [0.3, 0.4) is 0 Å². The Kier molecular flexibility index (Phi) is 5.14. The number of rotatable bonds is 6. The van der Waals surface area contributed by atoms with Crippen LogP contribution in [0.5, 0.6) is 0 Å². The lowest BCUT2D eigenvalue weighted by molar-refractivity contribution is -0.140. The Bertz CT molecular complexity index is 582. The molecule has 1 atom stereocenters. The van der Waals surface area contributed by atoms with Crippen LogP contribution in [0.4, 0.5) is 0 Å². The molecule has 5 nitrogen and oxygen atoms in total. The van der Waals surface area contributed by atoms with E-state index in [0.717, 1.165) is 17.1 Å². The molecule has 2 rings (SSSR count). The van der Waals surface area contributed by atoms with Crippen molar-refractivity contribution in [2.75, 3.05) is 7.11 Å². The molecule has 0 radical (unpaired) electrons. The highest BCUT2D eigenvalue weighted by Gasteiger charge is 2.11. The molecule has 0 aromatic carbocycles. The van der Waals surface area contributed by atoms with Gasteiger partial charge in [0.05, 0.1) is 41.5 Å². The lowest BCUT2D eigenvalue weighted by Crippen LogP contribution is -2.08. The Morgan fingerprint density at radius 3 is 3.05 bits per heavy atom. The molecule has 0 spiro atoms. The zero-order valence-corrected chi connectivity index (χ0v) is 12.9. The van der Waals surface area contributed by atoms with E-state index in [1.165, 1.54) is 7.11 Å². The lowest BCUT2D eigenvalue weighted by Gasteiger charge is -2.09. The van der Waals surface area contributed by atoms with Crippen molar-refractivity contribution in [3.05, 3.63) is 33.5 Å². The molecule has 108 valence electrons. The van der Waals surface area contributed by atoms with Crippen LogP contribution in [0.15, 0.2) is 17.8 Å². The van der Waals surface area contributed by atoms with Crippen molar-refractivity contribution in [3.8, 4) is 0 Å². The van der Waals surface area contributed by atoms with Crippen molar-refractivity contribution >= 4 is 28.9 Å². The highest BCUT2D eigenvalue weighted by molar-refractivity contribution is 7.09. The second-order valence-corrected chi connectivity index (χ2v) is 5.88. The Balaban J connectivity index is 1.90. The SMILES string of the molecule is COC(=O)CCc1csc(C[C@H](C)n2cc(Cl)cn2)n1. The summed E-state index contributed by atoms with van der Waals surface area (Å²) in [5, 5.41) is 7.84. The van der Waals surface area contributed by atoms with Gasteiger partial charge < -0.3 is 4.74 Å². The summed E-state index contributed by atoms with van der Waals surface area (Å²) in [5.74, 6) is -0.209. The normalized spacial score (nSPS) is 12.3. The minimum Gasteiger partial charge on any atom is -0.469 e. The van der Waals surface area contributed by atoms with Gasteiger partial charge in [0, 0.05) is 24.4 Å². The van der Waals surface area contributed by atoms with Gasteiger partial charge in [0.25, 0.3) is 0 Å². The second-order valence-electron chi connectivity index (χ2n) is 4.50. The standard InChI is InChI=1S/C13H16ClN3O2S/c1-9(17-7-10(14)6-15-17)5-12-16-11(8-20-12)3-4-13(18)19-2/h6-9H,3-5H2,1-2H3/t9-/m0/s1. The first-order chi connectivity index (χ1) is 9.58. The van der Waals surface area contributed by atoms with Gasteiger partial charge in [0.15, 0.2) is 0 Å². The summed E-state index contributed by atoms with van der Waals surface area (Å²) < 4.78 is 6.45. The van der Waals surface area contributed by atoms with Gasteiger partial charge in [-0.05, 0) is 6.92 Å². The van der Waals surface area contributed by atoms with Crippen LogP contribution in [0.25, 0.3) is 0 Å². The second kappa shape index (κ2) is 6.85. The maximum absolute atomic E-state index is 11.1. The van der Waals surface area contributed by atoms with Gasteiger partial charge in [-0.15, -0.1) is 11.3 Å². The third-order valence-electron chi connectivity index (χ3n) is 2.90. The van der Waals surface area contributed by atoms with E-state index in [9.17, 15) is 4.79 Å². The summed E-state index contributed by atoms with van der Waals surface area (Å²) >= 11 is 7.46. The topological polar surface area (TPSA) is 57.0 Å². The smallest absolute Gasteiger partial charge is 0.305 e. The summed E-state index contributed by atoms with van der Waals surface area (Å²) in [6, 6.07) is 0.196. The quantitative estimate of drug-likeness (QED) is 0.769. The van der Waals surface area contributed by atoms with Crippen LogP contribution in [-0.2, 0) is 22.4 Å². The summed E-state index contributed by atoms with van der Waals surface area (Å²) in [6.07, 6.45) is 5.20. The van der Waals surface area contributed by atoms with E-state index in [1.807, 2.05) is 10.1 Å². The zero-order chi connectivity index (χ0) is 14.5. The predicted molar refractivity (Wildman–Crippen MR) is 78.1 cm³/mol. The van der Waals surface area contributed by atoms with E-state index in [-0.39, 0.29) is 12.0 Å². The number of thiazole rings is 1. The van der Waals surface area contributed by atoms with Gasteiger partial charge in [-0.25, -0.2) is 4.98 Å². The van der Waals surface area contributed by atoms with Crippen LogP contribution >= 0.6 is 22.9 Å². The lowest BCUT2D eigenvalue weighted by atomic mass is 10.2. The number of hydrogen-bond acceptors (Lipinski definition) is 5. The molecular formula is C13H16ClN3O2S. The largest absolute Gasteiger partial charge is 0.469 e. The van der Waals surface area contributed by atoms with Crippen molar-refractivity contribution in [1.82, 2.24) is 14.8 Å². The fourth-order valence-corrected chi connectivity index (χ4v) is 2.89. The van der Waals surface area contributed by atoms with E-state index in [0.29, 0.717) is 17.9 Å². The summed E-state index contributed by atoms with van der Waals surface area (Å²) in [6.45, 7) is 2.07. The predicted octanol–water partition coefficient (Wildman–Crippen LogP) is 2.90. The third-order valence-corrected chi connectivity index (χ3v) is 4.02. The highest BCUT2D eigenvalue weighted by atomic mass is 35.5. The number of nitrogens with zero attached hydrogens (tertiary/aromatic N) is 3. The van der Waals surface area contributed by atoms with Crippen LogP contribution in [0.1, 0.15) is 30.1 Å². The van der Waals surface area contributed by atoms with Gasteiger partial charge in [0.1, 0.15) is 0 Å². The summed E-state index contributed by atoms with van der Waals surface area (Å²) in [4.78, 5) is 15.6. The molecular weight excluding hydrogens is 298 g/mol. The first kappa shape index (κ1) is 15.0. The average molecular weight is 314 g/mol. The molecule has 2 aromatic heterocycles. The van der Waals surface area contributed by atoms with Crippen LogP contribution in [0.2, 0.25) is 5.02 Å². The zero-order valence-electron chi connectivity index (χ0n) is 11.4. The van der Waals surface area contributed by atoms with Gasteiger partial charge >= 0.3 is 5.97 Å². The number of esters is 1. The molecule has 0 bridgehead atoms. The van der Waals surface area contributed by atoms with E-state index < -0.39 is 0 Å². The summed E-state index contributed by atoms with van der Waals surface area (Å²) in [7, 11) is 1.39. The first-order valence-corrected chi connectivity index (χ1v) is 7.54. The van der Waals surface area contributed by atoms with Crippen molar-refractivity contribution in [1.29, 1.82) is 0 Å². The Hall–Kier alpha value is -1.40. The van der Waals surface area contributed by atoms with Gasteiger partial charge in [-0.3, -0.25) is 9.48 Å². The molecule has 0 aliphatic carbocycles. The van der Waals surface area contributed by atoms with Crippen LogP contribution in [-0.4, -0.2) is 27.8 Å². The Morgan fingerprint density at radius 1 is 1.60 bits per heavy atom. The van der Waals surface area contributed by atoms with E-state index in [2.05, 4.69) is 21.7 Å². The van der Waals surface area contributed by atoms with E-state index in [4.69, 9.17) is 11.6 Å². The fraction of sp³-hybridized carbons (Fsp3) is 0.462. The number of aryl methyl sites for hydroxylation is 1. The number of methoxy groups -OCH3 is 1. The minimum absolute atomic E-state index is 0.196. The number of carbonyl (C=O) groups is 1. The van der Waals surface area contributed by atoms with Crippen molar-refractivity contribution < 1.29 is 9.53 Å². The molecule has 0 fully saturated rings. The number of ether oxygens (including phenoxy) is 1. The van der Waals surface area contributed by atoms with Crippen molar-refractivity contribution in [3.63, 3.8) is 0 Å². The minimum atomic E-state index is -0.209. The molecule has 0 saturated heterocycles. The number of aromatic nitrogens is 3. The van der Waals surface area contributed by atoms with E-state index >= 15 is 0 Å². The number of halogens is 1. The Morgan fingerprint density at radius 2 is 2.40 bits per heavy atom. The molecule has 0 saturated carbocycles. The molecule has 20 heavy (non-hydrogen) atoms. The monoisotopic (exact) mass is 313 g/mol. The summed E-state index contributed by atoms with van der Waals surface area (Å²) in [5.41, 5.74) is 0.932. The molecule has 0 aliphatic rings. The molecule has 0 unspecified atom stereocenters. The molecule has 0 N–H and O–H groups in total. The third kappa shape index (κ3) is 4.05. The first-order valence-electron chi connectivity index (χ1n) is 6.28. The van der Waals surface area contributed by atoms with Gasteiger partial charge in [-0.2, -0.15) is 5.10 Å². The maximum Gasteiger partial charge on any atom is 0.305 e. The van der Waals surface area contributed by atoms with Crippen LogP contribution < -0.4 is 0 Å².